The molecular formula is C26H29F3N8O5. The van der Waals surface area contributed by atoms with Gasteiger partial charge in [-0.2, -0.15) is 18.2 Å². The van der Waals surface area contributed by atoms with E-state index in [1.165, 1.54) is 12.1 Å². The van der Waals surface area contributed by atoms with E-state index >= 15 is 0 Å². The molecule has 5 N–H and O–H groups in total. The van der Waals surface area contributed by atoms with Crippen LogP contribution < -0.4 is 26.8 Å². The second kappa shape index (κ2) is 13.8. The van der Waals surface area contributed by atoms with Crippen molar-refractivity contribution in [2.75, 3.05) is 16.8 Å². The van der Waals surface area contributed by atoms with Crippen molar-refractivity contribution >= 4 is 46.8 Å². The topological polar surface area (TPSA) is 193 Å². The lowest BCUT2D eigenvalue weighted by atomic mass is 10.1. The van der Waals surface area contributed by atoms with Gasteiger partial charge in [0.05, 0.1) is 24.5 Å². The lowest BCUT2D eigenvalue weighted by Crippen LogP contribution is -2.41. The molecule has 3 aromatic rings. The summed E-state index contributed by atoms with van der Waals surface area (Å²) in [6.45, 7) is 2.97. The fourth-order valence-corrected chi connectivity index (χ4v) is 3.67. The number of rotatable bonds is 12. The van der Waals surface area contributed by atoms with Gasteiger partial charge in [-0.1, -0.05) is 13.8 Å². The Bertz CT molecular complexity index is 1510. The molecular weight excluding hydrogens is 561 g/mol. The number of H-pyrrole nitrogens is 1. The molecule has 1 atom stereocenters. The predicted molar refractivity (Wildman–Crippen MR) is 145 cm³/mol. The number of fused-ring (bicyclic) bond motifs is 1. The molecule has 0 spiro atoms. The van der Waals surface area contributed by atoms with Gasteiger partial charge in [-0.05, 0) is 50.1 Å². The number of nitrogens with two attached hydrogens (primary N) is 1. The SMILES string of the molecule is CC(C)C(=O)Nc1nc2ncc(CN(C(=O)C(F)(F)F)c3ccc(C(=O)N[C@H](C=O)CCCCN)cc3)nc2c(=O)[nH]1. The summed E-state index contributed by atoms with van der Waals surface area (Å²) in [6, 6.07) is 3.91. The van der Waals surface area contributed by atoms with Crippen molar-refractivity contribution in [3.63, 3.8) is 0 Å². The van der Waals surface area contributed by atoms with E-state index in [4.69, 9.17) is 5.73 Å². The highest BCUT2D eigenvalue weighted by molar-refractivity contribution is 5.99. The molecule has 13 nitrogen and oxygen atoms in total. The Morgan fingerprint density at radius 3 is 2.40 bits per heavy atom. The lowest BCUT2D eigenvalue weighted by Gasteiger charge is -2.24. The molecule has 0 fully saturated rings. The van der Waals surface area contributed by atoms with Gasteiger partial charge in [0, 0.05) is 17.2 Å². The zero-order valence-electron chi connectivity index (χ0n) is 22.7. The normalized spacial score (nSPS) is 12.2. The number of hydrogen-bond acceptors (Lipinski definition) is 9. The van der Waals surface area contributed by atoms with Gasteiger partial charge in [-0.15, -0.1) is 0 Å². The molecule has 2 heterocycles. The summed E-state index contributed by atoms with van der Waals surface area (Å²) in [7, 11) is 0. The number of unbranched alkanes of at least 4 members (excludes halogenated alkanes) is 1. The van der Waals surface area contributed by atoms with Gasteiger partial charge in [0.1, 0.15) is 6.29 Å². The van der Waals surface area contributed by atoms with Crippen LogP contribution in [0.25, 0.3) is 11.2 Å². The summed E-state index contributed by atoms with van der Waals surface area (Å²) in [5.74, 6) is -3.85. The first-order valence-electron chi connectivity index (χ1n) is 12.9. The van der Waals surface area contributed by atoms with Crippen molar-refractivity contribution in [2.45, 2.75) is 51.9 Å². The van der Waals surface area contributed by atoms with Crippen LogP contribution in [0.1, 0.15) is 49.2 Å². The third kappa shape index (κ3) is 8.15. The molecule has 2 aromatic heterocycles. The van der Waals surface area contributed by atoms with Crippen LogP contribution in [0.3, 0.4) is 0 Å². The summed E-state index contributed by atoms with van der Waals surface area (Å²) in [5, 5.41) is 4.94. The maximum absolute atomic E-state index is 13.5. The van der Waals surface area contributed by atoms with Gasteiger partial charge < -0.3 is 15.8 Å². The van der Waals surface area contributed by atoms with E-state index in [2.05, 4.69) is 30.6 Å². The molecule has 3 rings (SSSR count). The molecule has 1 aromatic carbocycles. The van der Waals surface area contributed by atoms with Gasteiger partial charge in [-0.25, -0.2) is 9.97 Å². The summed E-state index contributed by atoms with van der Waals surface area (Å²) in [5.41, 5.74) is 3.78. The van der Waals surface area contributed by atoms with Crippen LogP contribution in [0.2, 0.25) is 0 Å². The lowest BCUT2D eigenvalue weighted by molar-refractivity contribution is -0.170. The average Bonchev–Trinajstić information content (AvgIpc) is 2.94. The molecule has 16 heteroatoms. The zero-order valence-corrected chi connectivity index (χ0v) is 22.7. The van der Waals surface area contributed by atoms with Crippen LogP contribution in [0.5, 0.6) is 0 Å². The maximum atomic E-state index is 13.5. The number of carbonyl (C=O) groups excluding carboxylic acids is 4. The van der Waals surface area contributed by atoms with Gasteiger partial charge >= 0.3 is 12.1 Å². The van der Waals surface area contributed by atoms with Gasteiger partial charge in [0.25, 0.3) is 11.5 Å². The summed E-state index contributed by atoms with van der Waals surface area (Å²) < 4.78 is 40.5. The maximum Gasteiger partial charge on any atom is 0.471 e. The van der Waals surface area contributed by atoms with Crippen LogP contribution in [-0.2, 0) is 20.9 Å². The van der Waals surface area contributed by atoms with Crippen molar-refractivity contribution < 1.29 is 32.3 Å². The molecule has 0 radical (unpaired) electrons. The third-order valence-electron chi connectivity index (χ3n) is 5.93. The third-order valence-corrected chi connectivity index (χ3v) is 5.93. The van der Waals surface area contributed by atoms with Crippen LogP contribution in [0, 0.1) is 5.92 Å². The Morgan fingerprint density at radius 2 is 1.81 bits per heavy atom. The first-order chi connectivity index (χ1) is 19.8. The standard InChI is InChI=1S/C26H29F3N8O5/c1-14(2)21(39)35-25-34-20-19(23(41)36-25)32-17(11-31-20)12-37(24(42)26(27,28)29)18-8-6-15(7-9-18)22(40)33-16(13-38)5-3-4-10-30/h6-9,11,13-14,16H,3-5,10,12,30H2,1-2H3,(H,33,40)(H2,31,34,35,36,39,41)/t16-/m0/s1. The van der Waals surface area contributed by atoms with E-state index in [9.17, 15) is 37.1 Å². The van der Waals surface area contributed by atoms with E-state index in [1.807, 2.05) is 0 Å². The number of hydrogen-bond donors (Lipinski definition) is 4. The van der Waals surface area contributed by atoms with Crippen LogP contribution >= 0.6 is 0 Å². The van der Waals surface area contributed by atoms with Crippen LogP contribution in [0.4, 0.5) is 24.8 Å². The predicted octanol–water partition coefficient (Wildman–Crippen LogP) is 1.83. The molecule has 0 aliphatic rings. The van der Waals surface area contributed by atoms with Gasteiger partial charge in [-0.3, -0.25) is 34.4 Å². The largest absolute Gasteiger partial charge is 0.471 e. The average molecular weight is 591 g/mol. The number of amides is 3. The minimum atomic E-state index is -5.26. The summed E-state index contributed by atoms with van der Waals surface area (Å²) >= 11 is 0. The summed E-state index contributed by atoms with van der Waals surface area (Å²) in [6.07, 6.45) is -1.97. The first-order valence-corrected chi connectivity index (χ1v) is 12.9. The minimum absolute atomic E-state index is 0.0484. The number of nitrogens with zero attached hydrogens (tertiary/aromatic N) is 4. The highest BCUT2D eigenvalue weighted by Crippen LogP contribution is 2.26. The number of aromatic amines is 1. The van der Waals surface area contributed by atoms with Crippen LogP contribution in [-0.4, -0.2) is 62.7 Å². The molecule has 224 valence electrons. The van der Waals surface area contributed by atoms with Crippen molar-refractivity contribution in [3.05, 3.63) is 52.1 Å². The number of carbonyl (C=O) groups is 4. The number of alkyl halides is 3. The second-order valence-corrected chi connectivity index (χ2v) is 9.53. The Hall–Kier alpha value is -4.73. The monoisotopic (exact) mass is 590 g/mol. The highest BCUT2D eigenvalue weighted by Gasteiger charge is 2.43. The fourth-order valence-electron chi connectivity index (χ4n) is 3.67. The van der Waals surface area contributed by atoms with E-state index in [0.717, 1.165) is 18.3 Å². The van der Waals surface area contributed by atoms with Crippen molar-refractivity contribution in [1.29, 1.82) is 0 Å². The Kier molecular flexibility index (Phi) is 10.4. The number of anilines is 2. The van der Waals surface area contributed by atoms with E-state index in [0.29, 0.717) is 37.0 Å². The highest BCUT2D eigenvalue weighted by atomic mass is 19.4. The van der Waals surface area contributed by atoms with Gasteiger partial charge in [0.2, 0.25) is 11.9 Å². The fraction of sp³-hybridized carbons (Fsp3) is 0.385. The van der Waals surface area contributed by atoms with E-state index < -0.39 is 48.0 Å². The molecule has 0 saturated carbocycles. The number of aldehydes is 1. The van der Waals surface area contributed by atoms with E-state index in [1.54, 1.807) is 13.8 Å². The Balaban J connectivity index is 1.86. The van der Waals surface area contributed by atoms with Crippen molar-refractivity contribution in [1.82, 2.24) is 25.3 Å². The van der Waals surface area contributed by atoms with E-state index in [-0.39, 0.29) is 34.1 Å². The smallest absolute Gasteiger partial charge is 0.343 e. The Morgan fingerprint density at radius 1 is 1.12 bits per heavy atom. The Labute approximate surface area is 237 Å². The van der Waals surface area contributed by atoms with Gasteiger partial charge in [0.15, 0.2) is 11.2 Å². The molecule has 0 unspecified atom stereocenters. The number of nitrogens with one attached hydrogen (secondary N) is 3. The zero-order chi connectivity index (χ0) is 31.0. The molecule has 0 aliphatic carbocycles. The van der Waals surface area contributed by atoms with Crippen molar-refractivity contribution in [2.24, 2.45) is 11.7 Å². The summed E-state index contributed by atoms with van der Waals surface area (Å²) in [4.78, 5) is 75.3. The number of halogens is 3. The molecule has 3 amide bonds. The first kappa shape index (κ1) is 31.8. The van der Waals surface area contributed by atoms with Crippen molar-refractivity contribution in [3.8, 4) is 0 Å². The molecule has 42 heavy (non-hydrogen) atoms. The second-order valence-electron chi connectivity index (χ2n) is 9.53. The van der Waals surface area contributed by atoms with Crippen LogP contribution in [0.15, 0.2) is 35.3 Å². The molecule has 0 bridgehead atoms. The number of aromatic nitrogens is 4. The molecule has 0 saturated heterocycles. The minimum Gasteiger partial charge on any atom is -0.343 e. The number of benzene rings is 1. The quantitative estimate of drug-likeness (QED) is 0.180. The molecule has 0 aliphatic heterocycles.